The zero-order valence-corrected chi connectivity index (χ0v) is 9.24. The molecule has 4 nitrogen and oxygen atoms in total. The average molecular weight is 214 g/mol. The zero-order valence-electron chi connectivity index (χ0n) is 9.24. The van der Waals surface area contributed by atoms with Crippen LogP contribution in [0.4, 0.5) is 0 Å². The molecule has 2 aromatic rings. The Morgan fingerprint density at radius 1 is 1.06 bits per heavy atom. The van der Waals surface area contributed by atoms with Gasteiger partial charge in [-0.1, -0.05) is 12.1 Å². The molecule has 0 N–H and O–H groups in total. The molecule has 3 rings (SSSR count). The topological polar surface area (TPSA) is 41.4 Å². The first kappa shape index (κ1) is 10.5. The molecule has 82 valence electrons. The van der Waals surface area contributed by atoms with Crippen LogP contribution < -0.4 is 0 Å². The maximum Gasteiger partial charge on any atom is 0.0886 e. The number of benzene rings is 1. The van der Waals surface area contributed by atoms with Crippen molar-refractivity contribution in [2.75, 3.05) is 20.1 Å². The molecule has 1 aliphatic rings. The van der Waals surface area contributed by atoms with Gasteiger partial charge in [0.1, 0.15) is 0 Å². The second kappa shape index (κ2) is 5.21. The predicted octanol–water partition coefficient (Wildman–Crippen LogP) is 1.59. The Bertz CT molecular complexity index is 416. The number of nitrogens with zero attached hydrogens (tertiary/aromatic N) is 4. The molecule has 0 unspecified atom stereocenters. The third-order valence-electron chi connectivity index (χ3n) is 2.24. The van der Waals surface area contributed by atoms with E-state index in [1.807, 2.05) is 37.7 Å². The summed E-state index contributed by atoms with van der Waals surface area (Å²) in [6, 6.07) is 7.80. The minimum atomic E-state index is 0.949. The van der Waals surface area contributed by atoms with Gasteiger partial charge < -0.3 is 4.90 Å². The van der Waals surface area contributed by atoms with E-state index in [-0.39, 0.29) is 0 Å². The highest BCUT2D eigenvalue weighted by Gasteiger charge is 1.94. The standard InChI is InChI=1S/C8H6N2.C4H8N2/c1-2-4-8-7(3-1)9-5-6-10-8;1-6-3-2-5-4-6/h1-6H;4H,2-3H2,1H3. The summed E-state index contributed by atoms with van der Waals surface area (Å²) >= 11 is 0. The molecule has 0 radical (unpaired) electrons. The lowest BCUT2D eigenvalue weighted by Crippen LogP contribution is -2.11. The molecule has 1 aliphatic heterocycles. The Kier molecular flexibility index (Phi) is 3.43. The van der Waals surface area contributed by atoms with Crippen molar-refractivity contribution in [3.05, 3.63) is 36.7 Å². The van der Waals surface area contributed by atoms with Gasteiger partial charge in [-0.3, -0.25) is 15.0 Å². The van der Waals surface area contributed by atoms with Gasteiger partial charge in [0.25, 0.3) is 0 Å². The fraction of sp³-hybridized carbons (Fsp3) is 0.250. The van der Waals surface area contributed by atoms with Crippen LogP contribution in [0.5, 0.6) is 0 Å². The van der Waals surface area contributed by atoms with Crippen LogP contribution in [0.15, 0.2) is 41.7 Å². The number of rotatable bonds is 0. The van der Waals surface area contributed by atoms with E-state index in [1.165, 1.54) is 0 Å². The maximum absolute atomic E-state index is 4.12. The lowest BCUT2D eigenvalue weighted by molar-refractivity contribution is 0.568. The lowest BCUT2D eigenvalue weighted by atomic mass is 10.3. The number of aliphatic imine (C=N–C) groups is 1. The van der Waals surface area contributed by atoms with Crippen LogP contribution in [0.1, 0.15) is 0 Å². The average Bonchev–Trinajstić information content (AvgIpc) is 2.81. The van der Waals surface area contributed by atoms with E-state index in [0.29, 0.717) is 0 Å². The minimum Gasteiger partial charge on any atom is -0.364 e. The number of para-hydroxylation sites is 2. The molecule has 16 heavy (non-hydrogen) atoms. The molecule has 0 bridgehead atoms. The molecule has 4 heteroatoms. The third kappa shape index (κ3) is 2.76. The van der Waals surface area contributed by atoms with Crippen molar-refractivity contribution >= 4 is 17.4 Å². The van der Waals surface area contributed by atoms with Gasteiger partial charge in [0.05, 0.1) is 23.9 Å². The first-order chi connectivity index (χ1) is 7.86. The molecule has 0 amide bonds. The summed E-state index contributed by atoms with van der Waals surface area (Å²) in [7, 11) is 2.02. The van der Waals surface area contributed by atoms with Gasteiger partial charge in [-0.15, -0.1) is 0 Å². The Morgan fingerprint density at radius 2 is 1.69 bits per heavy atom. The first-order valence-electron chi connectivity index (χ1n) is 5.22. The van der Waals surface area contributed by atoms with Crippen molar-refractivity contribution in [1.82, 2.24) is 14.9 Å². The van der Waals surface area contributed by atoms with Gasteiger partial charge in [-0.25, -0.2) is 0 Å². The van der Waals surface area contributed by atoms with Gasteiger partial charge in [0, 0.05) is 26.0 Å². The van der Waals surface area contributed by atoms with Gasteiger partial charge in [0.15, 0.2) is 0 Å². The molecule has 2 heterocycles. The Balaban J connectivity index is 0.000000138. The second-order valence-corrected chi connectivity index (χ2v) is 3.55. The first-order valence-corrected chi connectivity index (χ1v) is 5.22. The lowest BCUT2D eigenvalue weighted by Gasteiger charge is -1.99. The summed E-state index contributed by atoms with van der Waals surface area (Å²) in [5.74, 6) is 0. The van der Waals surface area contributed by atoms with Crippen molar-refractivity contribution in [3.63, 3.8) is 0 Å². The summed E-state index contributed by atoms with van der Waals surface area (Å²) in [5.41, 5.74) is 1.90. The van der Waals surface area contributed by atoms with E-state index in [9.17, 15) is 0 Å². The molecule has 0 atom stereocenters. The monoisotopic (exact) mass is 214 g/mol. The molecule has 0 saturated heterocycles. The van der Waals surface area contributed by atoms with Gasteiger partial charge in [-0.05, 0) is 12.1 Å². The quantitative estimate of drug-likeness (QED) is 0.668. The number of likely N-dealkylation sites (N-methyl/N-ethyl adjacent to an activating group) is 1. The molecular formula is C12H14N4. The summed E-state index contributed by atoms with van der Waals surface area (Å²) in [6.45, 7) is 2.08. The van der Waals surface area contributed by atoms with Crippen molar-refractivity contribution in [2.45, 2.75) is 0 Å². The van der Waals surface area contributed by atoms with Crippen molar-refractivity contribution in [2.24, 2.45) is 4.99 Å². The van der Waals surface area contributed by atoms with Crippen molar-refractivity contribution < 1.29 is 0 Å². The zero-order chi connectivity index (χ0) is 11.2. The SMILES string of the molecule is CN1C=NCC1.c1ccc2nccnc2c1. The van der Waals surface area contributed by atoms with Crippen LogP contribution in [0.3, 0.4) is 0 Å². The molecule has 1 aromatic heterocycles. The fourth-order valence-corrected chi connectivity index (χ4v) is 1.38. The Morgan fingerprint density at radius 3 is 2.06 bits per heavy atom. The largest absolute Gasteiger partial charge is 0.364 e. The van der Waals surface area contributed by atoms with E-state index in [1.54, 1.807) is 12.4 Å². The van der Waals surface area contributed by atoms with Crippen molar-refractivity contribution in [3.8, 4) is 0 Å². The maximum atomic E-state index is 4.12. The molecular weight excluding hydrogens is 200 g/mol. The van der Waals surface area contributed by atoms with Crippen LogP contribution in [0.2, 0.25) is 0 Å². The van der Waals surface area contributed by atoms with Crippen LogP contribution in [-0.2, 0) is 0 Å². The van der Waals surface area contributed by atoms with Gasteiger partial charge in [0.2, 0.25) is 0 Å². The van der Waals surface area contributed by atoms with E-state index >= 15 is 0 Å². The normalized spacial score (nSPS) is 13.7. The molecule has 0 aliphatic carbocycles. The molecule has 0 spiro atoms. The van der Waals surface area contributed by atoms with Gasteiger partial charge >= 0.3 is 0 Å². The number of aromatic nitrogens is 2. The van der Waals surface area contributed by atoms with E-state index < -0.39 is 0 Å². The van der Waals surface area contributed by atoms with E-state index in [0.717, 1.165) is 24.1 Å². The highest BCUT2D eigenvalue weighted by Crippen LogP contribution is 2.04. The van der Waals surface area contributed by atoms with Crippen LogP contribution in [-0.4, -0.2) is 41.3 Å². The summed E-state index contributed by atoms with van der Waals surface area (Å²) < 4.78 is 0. The number of fused-ring (bicyclic) bond motifs is 1. The summed E-state index contributed by atoms with van der Waals surface area (Å²) in [4.78, 5) is 14.3. The van der Waals surface area contributed by atoms with Crippen LogP contribution in [0, 0.1) is 0 Å². The highest BCUT2D eigenvalue weighted by atomic mass is 15.2. The second-order valence-electron chi connectivity index (χ2n) is 3.55. The van der Waals surface area contributed by atoms with E-state index in [2.05, 4.69) is 19.9 Å². The Labute approximate surface area is 94.7 Å². The smallest absolute Gasteiger partial charge is 0.0886 e. The highest BCUT2D eigenvalue weighted by molar-refractivity contribution is 5.72. The molecule has 0 saturated carbocycles. The molecule has 1 aromatic carbocycles. The Hall–Kier alpha value is -1.97. The van der Waals surface area contributed by atoms with Crippen molar-refractivity contribution in [1.29, 1.82) is 0 Å². The summed E-state index contributed by atoms with van der Waals surface area (Å²) in [6.07, 6.45) is 5.25. The summed E-state index contributed by atoms with van der Waals surface area (Å²) in [5, 5.41) is 0. The number of hydrogen-bond acceptors (Lipinski definition) is 4. The van der Waals surface area contributed by atoms with Crippen LogP contribution in [0.25, 0.3) is 11.0 Å². The molecule has 0 fully saturated rings. The number of hydrogen-bond donors (Lipinski definition) is 0. The fourth-order valence-electron chi connectivity index (χ4n) is 1.38. The van der Waals surface area contributed by atoms with Gasteiger partial charge in [-0.2, -0.15) is 0 Å². The van der Waals surface area contributed by atoms with E-state index in [4.69, 9.17) is 0 Å². The van der Waals surface area contributed by atoms with Crippen LogP contribution >= 0.6 is 0 Å². The predicted molar refractivity (Wildman–Crippen MR) is 65.5 cm³/mol. The minimum absolute atomic E-state index is 0.949. The third-order valence-corrected chi connectivity index (χ3v) is 2.24.